The van der Waals surface area contributed by atoms with Gasteiger partial charge in [0.25, 0.3) is 0 Å². The minimum absolute atomic E-state index is 0.0613. The van der Waals surface area contributed by atoms with E-state index in [-0.39, 0.29) is 23.9 Å². The van der Waals surface area contributed by atoms with Gasteiger partial charge in [0.15, 0.2) is 0 Å². The van der Waals surface area contributed by atoms with E-state index in [1.54, 1.807) is 0 Å². The lowest BCUT2D eigenvalue weighted by atomic mass is 9.90. The van der Waals surface area contributed by atoms with E-state index in [1.807, 2.05) is 0 Å². The highest BCUT2D eigenvalue weighted by atomic mass is 16.4. The van der Waals surface area contributed by atoms with Crippen molar-refractivity contribution in [3.63, 3.8) is 0 Å². The number of nitrogens with two attached hydrogens (primary N) is 1. The van der Waals surface area contributed by atoms with Gasteiger partial charge in [0.2, 0.25) is 5.91 Å². The minimum Gasteiger partial charge on any atom is -0.481 e. The molecule has 2 aliphatic carbocycles. The van der Waals surface area contributed by atoms with Crippen LogP contribution in [0.4, 0.5) is 0 Å². The van der Waals surface area contributed by atoms with Gasteiger partial charge in [0.1, 0.15) is 0 Å². The van der Waals surface area contributed by atoms with Crippen molar-refractivity contribution in [2.24, 2.45) is 23.5 Å². The first-order valence-electron chi connectivity index (χ1n) is 7.80. The molecule has 0 saturated heterocycles. The van der Waals surface area contributed by atoms with Gasteiger partial charge in [-0.3, -0.25) is 9.59 Å². The average Bonchev–Trinajstić information content (AvgIpc) is 2.86. The van der Waals surface area contributed by atoms with Crippen LogP contribution in [0, 0.1) is 17.8 Å². The van der Waals surface area contributed by atoms with Crippen LogP contribution in [0.2, 0.25) is 0 Å². The Labute approximate surface area is 120 Å². The Morgan fingerprint density at radius 2 is 1.75 bits per heavy atom. The highest BCUT2D eigenvalue weighted by molar-refractivity contribution is 5.85. The SMILES string of the molecule is CCC1C[C@H](C(=O)NC2CCC(N)CC2)[C@H](C(=O)O)C1. The number of aliphatic carboxylic acids is 1. The molecule has 0 spiro atoms. The standard InChI is InChI=1S/C15H26N2O3/c1-2-9-7-12(13(8-9)15(19)20)14(18)17-11-5-3-10(16)4-6-11/h9-13H,2-8,16H2,1H3,(H,17,18)(H,19,20)/t9?,10?,11?,12-,13+/m0/s1. The molecule has 2 rings (SSSR count). The second-order valence-electron chi connectivity index (χ2n) is 6.42. The van der Waals surface area contributed by atoms with Crippen molar-refractivity contribution in [1.29, 1.82) is 0 Å². The second kappa shape index (κ2) is 6.57. The van der Waals surface area contributed by atoms with E-state index >= 15 is 0 Å². The fourth-order valence-electron chi connectivity index (χ4n) is 3.61. The Balaban J connectivity index is 1.91. The molecule has 0 aromatic rings. The Morgan fingerprint density at radius 3 is 2.30 bits per heavy atom. The largest absolute Gasteiger partial charge is 0.481 e. The maximum Gasteiger partial charge on any atom is 0.307 e. The van der Waals surface area contributed by atoms with Crippen LogP contribution >= 0.6 is 0 Å². The lowest BCUT2D eigenvalue weighted by Crippen LogP contribution is -2.44. The second-order valence-corrected chi connectivity index (χ2v) is 6.42. The fourth-order valence-corrected chi connectivity index (χ4v) is 3.61. The topological polar surface area (TPSA) is 92.4 Å². The van der Waals surface area contributed by atoms with Gasteiger partial charge in [-0.2, -0.15) is 0 Å². The molecular formula is C15H26N2O3. The minimum atomic E-state index is -0.827. The van der Waals surface area contributed by atoms with Crippen LogP contribution in [0.5, 0.6) is 0 Å². The van der Waals surface area contributed by atoms with Crippen LogP contribution in [0.15, 0.2) is 0 Å². The third kappa shape index (κ3) is 3.51. The summed E-state index contributed by atoms with van der Waals surface area (Å²) >= 11 is 0. The number of carboxylic acid groups (broad SMARTS) is 1. The van der Waals surface area contributed by atoms with Crippen molar-refractivity contribution >= 4 is 11.9 Å². The third-order valence-electron chi connectivity index (χ3n) is 5.01. The molecule has 0 aliphatic heterocycles. The summed E-state index contributed by atoms with van der Waals surface area (Å²) < 4.78 is 0. The van der Waals surface area contributed by atoms with Crippen molar-refractivity contribution in [3.05, 3.63) is 0 Å². The van der Waals surface area contributed by atoms with Crippen LogP contribution < -0.4 is 11.1 Å². The van der Waals surface area contributed by atoms with Gasteiger partial charge in [0.05, 0.1) is 11.8 Å². The molecule has 1 unspecified atom stereocenters. The van der Waals surface area contributed by atoms with Gasteiger partial charge in [-0.05, 0) is 44.4 Å². The van der Waals surface area contributed by atoms with E-state index < -0.39 is 11.9 Å². The van der Waals surface area contributed by atoms with Crippen LogP contribution in [0.3, 0.4) is 0 Å². The average molecular weight is 282 g/mol. The molecule has 2 aliphatic rings. The molecule has 2 fully saturated rings. The molecule has 1 amide bonds. The number of hydrogen-bond acceptors (Lipinski definition) is 3. The summed E-state index contributed by atoms with van der Waals surface area (Å²) in [5.41, 5.74) is 5.86. The zero-order chi connectivity index (χ0) is 14.7. The van der Waals surface area contributed by atoms with Gasteiger partial charge in [0, 0.05) is 12.1 Å². The number of carbonyl (C=O) groups excluding carboxylic acids is 1. The summed E-state index contributed by atoms with van der Waals surface area (Å²) in [7, 11) is 0. The summed E-state index contributed by atoms with van der Waals surface area (Å²) in [5, 5.41) is 12.3. The molecule has 0 heterocycles. The Morgan fingerprint density at radius 1 is 1.15 bits per heavy atom. The van der Waals surface area contributed by atoms with Gasteiger partial charge in [-0.25, -0.2) is 0 Å². The molecule has 114 valence electrons. The van der Waals surface area contributed by atoms with Gasteiger partial charge >= 0.3 is 5.97 Å². The number of rotatable bonds is 4. The molecule has 20 heavy (non-hydrogen) atoms. The summed E-state index contributed by atoms with van der Waals surface area (Å²) in [6.45, 7) is 2.06. The smallest absolute Gasteiger partial charge is 0.307 e. The molecular weight excluding hydrogens is 256 g/mol. The molecule has 0 aromatic heterocycles. The quantitative estimate of drug-likeness (QED) is 0.728. The van der Waals surface area contributed by atoms with Gasteiger partial charge < -0.3 is 16.2 Å². The van der Waals surface area contributed by atoms with Gasteiger partial charge in [-0.1, -0.05) is 13.3 Å². The Hall–Kier alpha value is -1.10. The van der Waals surface area contributed by atoms with Crippen LogP contribution in [0.1, 0.15) is 51.9 Å². The highest BCUT2D eigenvalue weighted by Crippen LogP contribution is 2.38. The van der Waals surface area contributed by atoms with Crippen molar-refractivity contribution < 1.29 is 14.7 Å². The number of carboxylic acids is 1. The molecule has 0 bridgehead atoms. The summed E-state index contributed by atoms with van der Waals surface area (Å²) in [5.74, 6) is -1.38. The van der Waals surface area contributed by atoms with E-state index in [2.05, 4.69) is 12.2 Å². The molecule has 5 nitrogen and oxygen atoms in total. The summed E-state index contributed by atoms with van der Waals surface area (Å²) in [6.07, 6.45) is 6.01. The fraction of sp³-hybridized carbons (Fsp3) is 0.867. The van der Waals surface area contributed by atoms with Gasteiger partial charge in [-0.15, -0.1) is 0 Å². The van der Waals surface area contributed by atoms with E-state index in [9.17, 15) is 14.7 Å². The van der Waals surface area contributed by atoms with E-state index in [4.69, 9.17) is 5.73 Å². The zero-order valence-electron chi connectivity index (χ0n) is 12.2. The number of hydrogen-bond donors (Lipinski definition) is 3. The van der Waals surface area contributed by atoms with Crippen molar-refractivity contribution in [2.75, 3.05) is 0 Å². The monoisotopic (exact) mass is 282 g/mol. The molecule has 5 heteroatoms. The van der Waals surface area contributed by atoms with Crippen LogP contribution in [-0.2, 0) is 9.59 Å². The molecule has 0 aromatic carbocycles. The third-order valence-corrected chi connectivity index (χ3v) is 5.01. The molecule has 0 radical (unpaired) electrons. The number of nitrogens with one attached hydrogen (secondary N) is 1. The van der Waals surface area contributed by atoms with Crippen molar-refractivity contribution in [3.8, 4) is 0 Å². The van der Waals surface area contributed by atoms with Crippen LogP contribution in [-0.4, -0.2) is 29.1 Å². The zero-order valence-corrected chi connectivity index (χ0v) is 12.2. The lowest BCUT2D eigenvalue weighted by Gasteiger charge is -2.28. The summed E-state index contributed by atoms with van der Waals surface area (Å²) in [4.78, 5) is 23.7. The first-order valence-corrected chi connectivity index (χ1v) is 7.80. The maximum absolute atomic E-state index is 12.4. The Bertz CT molecular complexity index is 364. The van der Waals surface area contributed by atoms with Crippen molar-refractivity contribution in [2.45, 2.75) is 64.0 Å². The lowest BCUT2D eigenvalue weighted by molar-refractivity contribution is -0.146. The predicted molar refractivity (Wildman–Crippen MR) is 76.0 cm³/mol. The number of amides is 1. The predicted octanol–water partition coefficient (Wildman–Crippen LogP) is 1.51. The molecule has 3 atom stereocenters. The molecule has 4 N–H and O–H groups in total. The Kier molecular flexibility index (Phi) is 5.02. The number of carbonyl (C=O) groups is 2. The van der Waals surface area contributed by atoms with E-state index in [1.165, 1.54) is 0 Å². The van der Waals surface area contributed by atoms with E-state index in [0.29, 0.717) is 18.8 Å². The highest BCUT2D eigenvalue weighted by Gasteiger charge is 2.42. The first kappa shape index (κ1) is 15.3. The molecule has 2 saturated carbocycles. The normalized spacial score (nSPS) is 37.6. The van der Waals surface area contributed by atoms with Crippen LogP contribution in [0.25, 0.3) is 0 Å². The van der Waals surface area contributed by atoms with E-state index in [0.717, 1.165) is 32.1 Å². The van der Waals surface area contributed by atoms with Crippen molar-refractivity contribution in [1.82, 2.24) is 5.32 Å². The first-order chi connectivity index (χ1) is 9.51. The maximum atomic E-state index is 12.4. The summed E-state index contributed by atoms with van der Waals surface area (Å²) in [6, 6.07) is 0.434.